The lowest BCUT2D eigenvalue weighted by Gasteiger charge is -2.11. The molecular weight excluding hydrogens is 294 g/mol. The molecule has 0 aliphatic carbocycles. The molecule has 0 aliphatic heterocycles. The van der Waals surface area contributed by atoms with E-state index >= 15 is 0 Å². The number of pyridine rings is 1. The number of halogens is 1. The molecule has 2 aromatic heterocycles. The maximum absolute atomic E-state index is 10.2. The van der Waals surface area contributed by atoms with Crippen molar-refractivity contribution in [1.29, 1.82) is 0 Å². The first-order valence-corrected chi connectivity index (χ1v) is 6.72. The zero-order chi connectivity index (χ0) is 13.1. The van der Waals surface area contributed by atoms with E-state index in [1.165, 1.54) is 0 Å². The van der Waals surface area contributed by atoms with Crippen molar-refractivity contribution in [1.82, 2.24) is 14.8 Å². The van der Waals surface area contributed by atoms with Crippen molar-refractivity contribution in [2.45, 2.75) is 32.9 Å². The quantitative estimate of drug-likeness (QED) is 0.944. The van der Waals surface area contributed by atoms with Gasteiger partial charge in [0.1, 0.15) is 6.10 Å². The number of aliphatic hydroxyl groups is 1. The highest BCUT2D eigenvalue weighted by atomic mass is 79.9. The Morgan fingerprint density at radius 1 is 1.44 bits per heavy atom. The Balaban J connectivity index is 2.15. The zero-order valence-electron chi connectivity index (χ0n) is 10.5. The lowest BCUT2D eigenvalue weighted by atomic mass is 10.1. The monoisotopic (exact) mass is 309 g/mol. The highest BCUT2D eigenvalue weighted by Gasteiger charge is 2.13. The van der Waals surface area contributed by atoms with Crippen LogP contribution in [0.5, 0.6) is 0 Å². The van der Waals surface area contributed by atoms with Crippen LogP contribution in [0.3, 0.4) is 0 Å². The number of aryl methyl sites for hydroxylation is 2. The predicted octanol–water partition coefficient (Wildman–Crippen LogP) is 2.65. The third-order valence-electron chi connectivity index (χ3n) is 2.78. The minimum atomic E-state index is -0.598. The Hall–Kier alpha value is -1.20. The van der Waals surface area contributed by atoms with Crippen molar-refractivity contribution in [3.05, 3.63) is 46.0 Å². The van der Waals surface area contributed by atoms with Crippen LogP contribution < -0.4 is 0 Å². The average Bonchev–Trinajstić information content (AvgIpc) is 2.70. The molecule has 2 rings (SSSR count). The molecule has 1 atom stereocenters. The molecule has 0 spiro atoms. The van der Waals surface area contributed by atoms with Gasteiger partial charge in [-0.2, -0.15) is 5.10 Å². The minimum Gasteiger partial charge on any atom is -0.386 e. The van der Waals surface area contributed by atoms with E-state index in [0.717, 1.165) is 22.4 Å². The summed E-state index contributed by atoms with van der Waals surface area (Å²) in [6.45, 7) is 4.81. The summed E-state index contributed by atoms with van der Waals surface area (Å²) in [7, 11) is 0. The summed E-state index contributed by atoms with van der Waals surface area (Å²) in [5.41, 5.74) is 2.69. The molecule has 0 saturated carbocycles. The van der Waals surface area contributed by atoms with Gasteiger partial charge < -0.3 is 5.11 Å². The van der Waals surface area contributed by atoms with Crippen molar-refractivity contribution in [3.63, 3.8) is 0 Å². The van der Waals surface area contributed by atoms with Gasteiger partial charge in [0.05, 0.1) is 11.4 Å². The molecule has 5 heteroatoms. The van der Waals surface area contributed by atoms with Gasteiger partial charge in [0.2, 0.25) is 0 Å². The van der Waals surface area contributed by atoms with Crippen LogP contribution in [-0.2, 0) is 13.0 Å². The summed E-state index contributed by atoms with van der Waals surface area (Å²) in [5.74, 6) is 0. The number of rotatable bonds is 4. The number of nitrogens with zero attached hydrogens (tertiary/aromatic N) is 3. The van der Waals surface area contributed by atoms with E-state index in [0.29, 0.717) is 12.1 Å². The summed E-state index contributed by atoms with van der Waals surface area (Å²) in [5, 5.41) is 14.5. The normalized spacial score (nSPS) is 12.7. The SMILES string of the molecule is CCn1nc(C)cc1CC(O)c1ccc(Br)cn1. The Kier molecular flexibility index (Phi) is 4.14. The van der Waals surface area contributed by atoms with Gasteiger partial charge in [0, 0.05) is 29.3 Å². The highest BCUT2D eigenvalue weighted by Crippen LogP contribution is 2.18. The highest BCUT2D eigenvalue weighted by molar-refractivity contribution is 9.10. The van der Waals surface area contributed by atoms with E-state index in [2.05, 4.69) is 26.0 Å². The third kappa shape index (κ3) is 2.97. The molecule has 1 unspecified atom stereocenters. The third-order valence-corrected chi connectivity index (χ3v) is 3.25. The van der Waals surface area contributed by atoms with Crippen LogP contribution in [0, 0.1) is 6.92 Å². The van der Waals surface area contributed by atoms with Gasteiger partial charge in [-0.25, -0.2) is 0 Å². The second-order valence-electron chi connectivity index (χ2n) is 4.21. The molecule has 0 saturated heterocycles. The van der Waals surface area contributed by atoms with E-state index < -0.39 is 6.10 Å². The first-order valence-electron chi connectivity index (χ1n) is 5.93. The van der Waals surface area contributed by atoms with Gasteiger partial charge in [0.15, 0.2) is 0 Å². The van der Waals surface area contributed by atoms with Gasteiger partial charge in [-0.05, 0) is 48.0 Å². The second-order valence-corrected chi connectivity index (χ2v) is 5.13. The van der Waals surface area contributed by atoms with Crippen LogP contribution >= 0.6 is 15.9 Å². The van der Waals surface area contributed by atoms with E-state index in [4.69, 9.17) is 0 Å². The smallest absolute Gasteiger partial charge is 0.101 e. The fraction of sp³-hybridized carbons (Fsp3) is 0.385. The van der Waals surface area contributed by atoms with Crippen molar-refractivity contribution >= 4 is 15.9 Å². The van der Waals surface area contributed by atoms with Gasteiger partial charge in [0.25, 0.3) is 0 Å². The fourth-order valence-electron chi connectivity index (χ4n) is 1.92. The first-order chi connectivity index (χ1) is 8.60. The summed E-state index contributed by atoms with van der Waals surface area (Å²) >= 11 is 3.33. The van der Waals surface area contributed by atoms with Crippen LogP contribution in [0.25, 0.3) is 0 Å². The van der Waals surface area contributed by atoms with Crippen LogP contribution in [0.4, 0.5) is 0 Å². The molecule has 0 amide bonds. The first kappa shape index (κ1) is 13.2. The van der Waals surface area contributed by atoms with Crippen LogP contribution in [0.15, 0.2) is 28.9 Å². The Morgan fingerprint density at radius 3 is 2.83 bits per heavy atom. The van der Waals surface area contributed by atoms with Crippen LogP contribution in [0.2, 0.25) is 0 Å². The Labute approximate surface area is 115 Å². The van der Waals surface area contributed by atoms with Crippen LogP contribution in [-0.4, -0.2) is 19.9 Å². The lowest BCUT2D eigenvalue weighted by Crippen LogP contribution is -2.09. The number of hydrogen-bond donors (Lipinski definition) is 1. The molecule has 4 nitrogen and oxygen atoms in total. The summed E-state index contributed by atoms with van der Waals surface area (Å²) in [6.07, 6.45) is 1.63. The van der Waals surface area contributed by atoms with Crippen LogP contribution in [0.1, 0.15) is 30.1 Å². The Bertz CT molecular complexity index is 522. The molecule has 0 aromatic carbocycles. The lowest BCUT2D eigenvalue weighted by molar-refractivity contribution is 0.170. The standard InChI is InChI=1S/C13H16BrN3O/c1-3-17-11(6-9(2)16-17)7-13(18)12-5-4-10(14)8-15-12/h4-6,8,13,18H,3,7H2,1-2H3. The van der Waals surface area contributed by atoms with Gasteiger partial charge in [-0.15, -0.1) is 0 Å². The van der Waals surface area contributed by atoms with Crippen molar-refractivity contribution in [2.24, 2.45) is 0 Å². The zero-order valence-corrected chi connectivity index (χ0v) is 12.1. The van der Waals surface area contributed by atoms with E-state index in [9.17, 15) is 5.11 Å². The number of aliphatic hydroxyl groups excluding tert-OH is 1. The van der Waals surface area contributed by atoms with Crippen molar-refractivity contribution in [2.75, 3.05) is 0 Å². The predicted molar refractivity (Wildman–Crippen MR) is 73.2 cm³/mol. The van der Waals surface area contributed by atoms with Gasteiger partial charge in [-0.1, -0.05) is 0 Å². The molecule has 0 aliphatic rings. The van der Waals surface area contributed by atoms with Crippen molar-refractivity contribution < 1.29 is 5.11 Å². The Morgan fingerprint density at radius 2 is 2.22 bits per heavy atom. The van der Waals surface area contributed by atoms with Crippen molar-refractivity contribution in [3.8, 4) is 0 Å². The van der Waals surface area contributed by atoms with Gasteiger partial charge >= 0.3 is 0 Å². The molecule has 1 N–H and O–H groups in total. The molecule has 2 heterocycles. The molecule has 0 radical (unpaired) electrons. The fourth-order valence-corrected chi connectivity index (χ4v) is 2.16. The largest absolute Gasteiger partial charge is 0.386 e. The maximum Gasteiger partial charge on any atom is 0.101 e. The summed E-state index contributed by atoms with van der Waals surface area (Å²) in [4.78, 5) is 4.21. The number of hydrogen-bond acceptors (Lipinski definition) is 3. The summed E-state index contributed by atoms with van der Waals surface area (Å²) in [6, 6.07) is 5.72. The molecule has 18 heavy (non-hydrogen) atoms. The molecule has 0 bridgehead atoms. The molecule has 2 aromatic rings. The van der Waals surface area contributed by atoms with E-state index in [-0.39, 0.29) is 0 Å². The number of aromatic nitrogens is 3. The molecule has 96 valence electrons. The van der Waals surface area contributed by atoms with E-state index in [1.807, 2.05) is 36.7 Å². The average molecular weight is 310 g/mol. The topological polar surface area (TPSA) is 50.9 Å². The minimum absolute atomic E-state index is 0.531. The van der Waals surface area contributed by atoms with E-state index in [1.54, 1.807) is 6.20 Å². The second kappa shape index (κ2) is 5.63. The maximum atomic E-state index is 10.2. The summed E-state index contributed by atoms with van der Waals surface area (Å²) < 4.78 is 2.82. The molecular formula is C13H16BrN3O. The molecule has 0 fully saturated rings. The van der Waals surface area contributed by atoms with Gasteiger partial charge in [-0.3, -0.25) is 9.67 Å².